The van der Waals surface area contributed by atoms with Crippen LogP contribution in [-0.2, 0) is 11.2 Å². The van der Waals surface area contributed by atoms with Crippen LogP contribution in [0.4, 0.5) is 10.2 Å². The number of aliphatic hydroxyl groups is 1. The van der Waals surface area contributed by atoms with Gasteiger partial charge in [0.25, 0.3) is 0 Å². The number of carbonyl (C=O) groups excluding carboxylic acids is 1. The minimum absolute atomic E-state index is 0. The van der Waals surface area contributed by atoms with Crippen LogP contribution < -0.4 is 10.6 Å². The summed E-state index contributed by atoms with van der Waals surface area (Å²) in [7, 11) is 0. The van der Waals surface area contributed by atoms with Crippen LogP contribution in [0.15, 0.2) is 24.5 Å². The minimum atomic E-state index is -0.752. The van der Waals surface area contributed by atoms with Crippen molar-refractivity contribution in [3.8, 4) is 0 Å². The van der Waals surface area contributed by atoms with Crippen molar-refractivity contribution in [1.29, 1.82) is 0 Å². The van der Waals surface area contributed by atoms with Gasteiger partial charge >= 0.3 is 0 Å². The summed E-state index contributed by atoms with van der Waals surface area (Å²) in [6, 6.07) is 3.76. The van der Waals surface area contributed by atoms with Crippen LogP contribution in [0.25, 0.3) is 0 Å². The minimum Gasteiger partial charge on any atom is -0.387 e. The van der Waals surface area contributed by atoms with Crippen LogP contribution in [0.1, 0.15) is 49.1 Å². The molecule has 11 heteroatoms. The second kappa shape index (κ2) is 11.1. The number of fused-ring (bicyclic) bond motifs is 1. The number of amides is 1. The van der Waals surface area contributed by atoms with Gasteiger partial charge in [-0.2, -0.15) is 0 Å². The van der Waals surface area contributed by atoms with Crippen LogP contribution in [0, 0.1) is 5.82 Å². The molecule has 2 aromatic rings. The SMILES string of the molecule is CC1CN(C(=O)C(N)Cc2ccc(Cl)c(F)c2)CCN1c1ncnc2c1[C@H](C)C[C@H]2O.Cl.Cl. The van der Waals surface area contributed by atoms with Gasteiger partial charge in [-0.3, -0.25) is 4.79 Å². The quantitative estimate of drug-likeness (QED) is 0.642. The molecule has 0 radical (unpaired) electrons. The first-order chi connectivity index (χ1) is 14.8. The molecule has 1 aromatic heterocycles. The number of anilines is 1. The van der Waals surface area contributed by atoms with E-state index in [9.17, 15) is 14.3 Å². The van der Waals surface area contributed by atoms with E-state index in [4.69, 9.17) is 17.3 Å². The number of nitrogens with zero attached hydrogens (tertiary/aromatic N) is 4. The van der Waals surface area contributed by atoms with Crippen LogP contribution in [0.5, 0.6) is 0 Å². The van der Waals surface area contributed by atoms with E-state index >= 15 is 0 Å². The third-order valence-corrected chi connectivity index (χ3v) is 6.55. The van der Waals surface area contributed by atoms with Gasteiger partial charge in [-0.25, -0.2) is 14.4 Å². The largest absolute Gasteiger partial charge is 0.387 e. The number of piperazine rings is 1. The number of aliphatic hydroxyl groups excluding tert-OH is 1. The van der Waals surface area contributed by atoms with E-state index < -0.39 is 18.0 Å². The Balaban J connectivity index is 0.00000193. The lowest BCUT2D eigenvalue weighted by molar-refractivity contribution is -0.133. The van der Waals surface area contributed by atoms with Crippen molar-refractivity contribution in [2.45, 2.75) is 50.8 Å². The summed E-state index contributed by atoms with van der Waals surface area (Å²) in [4.78, 5) is 25.7. The lowest BCUT2D eigenvalue weighted by Crippen LogP contribution is -2.57. The maximum absolute atomic E-state index is 13.7. The summed E-state index contributed by atoms with van der Waals surface area (Å²) in [5.74, 6) is 0.354. The average Bonchev–Trinajstić information content (AvgIpc) is 3.04. The summed E-state index contributed by atoms with van der Waals surface area (Å²) in [6.45, 7) is 5.76. The summed E-state index contributed by atoms with van der Waals surface area (Å²) in [5.41, 5.74) is 8.51. The first-order valence-corrected chi connectivity index (χ1v) is 10.9. The van der Waals surface area contributed by atoms with Crippen LogP contribution in [0.3, 0.4) is 0 Å². The van der Waals surface area contributed by atoms with E-state index in [1.54, 1.807) is 11.0 Å². The Kier molecular flexibility index (Phi) is 9.30. The van der Waals surface area contributed by atoms with Crippen molar-refractivity contribution in [3.63, 3.8) is 0 Å². The maximum Gasteiger partial charge on any atom is 0.239 e. The fraction of sp³-hybridized carbons (Fsp3) is 0.500. The van der Waals surface area contributed by atoms with Gasteiger partial charge in [-0.1, -0.05) is 24.6 Å². The standard InChI is InChI=1S/C22H27ClFN5O2.2ClH/c1-12-7-18(30)20-19(12)21(27-11-26-20)29-6-5-28(10-13(29)2)22(31)17(25)9-14-3-4-15(23)16(24)8-14;;/h3-4,8,11-13,17-18,30H,5-7,9-10,25H2,1-2H3;2*1H/t12-,13?,17?,18-;;/m1../s1. The summed E-state index contributed by atoms with van der Waals surface area (Å²) in [6.07, 6.45) is 1.84. The number of benzene rings is 1. The Morgan fingerprint density at radius 1 is 1.30 bits per heavy atom. The molecular formula is C22H29Cl3FN5O2. The summed E-state index contributed by atoms with van der Waals surface area (Å²) in [5, 5.41) is 10.3. The molecule has 1 aliphatic carbocycles. The fourth-order valence-electron chi connectivity index (χ4n) is 4.65. The number of halogens is 4. The number of carbonyl (C=O) groups is 1. The van der Waals surface area contributed by atoms with Crippen molar-refractivity contribution in [2.24, 2.45) is 5.73 Å². The molecule has 2 heterocycles. The Morgan fingerprint density at radius 2 is 2.03 bits per heavy atom. The fourth-order valence-corrected chi connectivity index (χ4v) is 4.76. The van der Waals surface area contributed by atoms with Gasteiger partial charge in [-0.05, 0) is 43.4 Å². The van der Waals surface area contributed by atoms with E-state index in [-0.39, 0.29) is 54.1 Å². The van der Waals surface area contributed by atoms with E-state index in [2.05, 4.69) is 21.8 Å². The molecule has 1 aromatic carbocycles. The van der Waals surface area contributed by atoms with Crippen molar-refractivity contribution in [1.82, 2.24) is 14.9 Å². The Labute approximate surface area is 210 Å². The molecule has 7 nitrogen and oxygen atoms in total. The van der Waals surface area contributed by atoms with Gasteiger partial charge in [0, 0.05) is 31.2 Å². The number of nitrogens with two attached hydrogens (primary N) is 1. The molecule has 2 aliphatic rings. The van der Waals surface area contributed by atoms with Crippen molar-refractivity contribution in [2.75, 3.05) is 24.5 Å². The molecule has 0 spiro atoms. The van der Waals surface area contributed by atoms with Gasteiger partial charge in [0.05, 0.1) is 22.9 Å². The van der Waals surface area contributed by atoms with Crippen molar-refractivity contribution >= 4 is 48.1 Å². The van der Waals surface area contributed by atoms with E-state index in [0.717, 1.165) is 11.4 Å². The van der Waals surface area contributed by atoms with Gasteiger partial charge in [-0.15, -0.1) is 24.8 Å². The molecule has 1 aliphatic heterocycles. The molecule has 1 fully saturated rings. The second-order valence-electron chi connectivity index (χ2n) is 8.53. The van der Waals surface area contributed by atoms with Crippen molar-refractivity contribution in [3.05, 3.63) is 52.2 Å². The molecule has 182 valence electrons. The number of hydrogen-bond acceptors (Lipinski definition) is 6. The molecule has 4 rings (SSSR count). The van der Waals surface area contributed by atoms with E-state index in [1.807, 2.05) is 6.92 Å². The Morgan fingerprint density at radius 3 is 2.70 bits per heavy atom. The zero-order valence-electron chi connectivity index (χ0n) is 18.4. The molecule has 1 saturated heterocycles. The zero-order chi connectivity index (χ0) is 22.3. The second-order valence-corrected chi connectivity index (χ2v) is 8.94. The van der Waals surface area contributed by atoms with Crippen LogP contribution in [-0.4, -0.2) is 57.6 Å². The highest BCUT2D eigenvalue weighted by atomic mass is 35.5. The van der Waals surface area contributed by atoms with Gasteiger partial charge in [0.15, 0.2) is 0 Å². The third kappa shape index (κ3) is 5.52. The van der Waals surface area contributed by atoms with Gasteiger partial charge < -0.3 is 20.6 Å². The first-order valence-electron chi connectivity index (χ1n) is 10.5. The topological polar surface area (TPSA) is 95.6 Å². The molecular weight excluding hydrogens is 492 g/mol. The highest BCUT2D eigenvalue weighted by Gasteiger charge is 2.36. The molecule has 4 atom stereocenters. The zero-order valence-corrected chi connectivity index (χ0v) is 20.8. The predicted molar refractivity (Wildman–Crippen MR) is 131 cm³/mol. The molecule has 2 unspecified atom stereocenters. The molecule has 3 N–H and O–H groups in total. The lowest BCUT2D eigenvalue weighted by Gasteiger charge is -2.42. The smallest absolute Gasteiger partial charge is 0.239 e. The third-order valence-electron chi connectivity index (χ3n) is 6.25. The monoisotopic (exact) mass is 519 g/mol. The average molecular weight is 521 g/mol. The first kappa shape index (κ1) is 27.5. The van der Waals surface area contributed by atoms with Gasteiger partial charge in [0.2, 0.25) is 5.91 Å². The lowest BCUT2D eigenvalue weighted by atomic mass is 10.0. The highest BCUT2D eigenvalue weighted by molar-refractivity contribution is 6.30. The number of hydrogen-bond donors (Lipinski definition) is 2. The molecule has 0 bridgehead atoms. The summed E-state index contributed by atoms with van der Waals surface area (Å²) >= 11 is 5.72. The molecule has 33 heavy (non-hydrogen) atoms. The predicted octanol–water partition coefficient (Wildman–Crippen LogP) is 3.26. The van der Waals surface area contributed by atoms with Gasteiger partial charge in [0.1, 0.15) is 18.0 Å². The number of aromatic nitrogens is 2. The van der Waals surface area contributed by atoms with E-state index in [0.29, 0.717) is 37.3 Å². The molecule has 1 amide bonds. The molecule has 0 saturated carbocycles. The van der Waals surface area contributed by atoms with E-state index in [1.165, 1.54) is 18.5 Å². The highest BCUT2D eigenvalue weighted by Crippen LogP contribution is 2.43. The van der Waals surface area contributed by atoms with Crippen LogP contribution in [0.2, 0.25) is 5.02 Å². The Bertz CT molecular complexity index is 998. The van der Waals surface area contributed by atoms with Crippen molar-refractivity contribution < 1.29 is 14.3 Å². The normalized spacial score (nSPS) is 22.8. The van der Waals surface area contributed by atoms with Crippen LogP contribution >= 0.6 is 36.4 Å². The Hall–Kier alpha value is -1.71. The maximum atomic E-state index is 13.7. The number of rotatable bonds is 4. The summed E-state index contributed by atoms with van der Waals surface area (Å²) < 4.78 is 13.7.